The first kappa shape index (κ1) is 14.3. The largest absolute Gasteiger partial charge is 0.495 e. The number of benzene rings is 2. The third-order valence-electron chi connectivity index (χ3n) is 2.78. The molecule has 0 unspecified atom stereocenters. The highest BCUT2D eigenvalue weighted by Crippen LogP contribution is 2.30. The molecule has 2 N–H and O–H groups in total. The van der Waals surface area contributed by atoms with Crippen molar-refractivity contribution in [2.75, 3.05) is 12.4 Å². The summed E-state index contributed by atoms with van der Waals surface area (Å²) in [4.78, 5) is 21.2. The van der Waals surface area contributed by atoms with E-state index in [2.05, 4.69) is 5.32 Å². The predicted octanol–water partition coefficient (Wildman–Crippen LogP) is 3.05. The van der Waals surface area contributed by atoms with Crippen molar-refractivity contribution in [2.24, 2.45) is 0 Å². The minimum Gasteiger partial charge on any atom is -0.495 e. The van der Waals surface area contributed by atoms with E-state index in [0.717, 1.165) is 0 Å². The molecule has 0 saturated carbocycles. The highest BCUT2D eigenvalue weighted by Gasteiger charge is 2.11. The number of aromatic carboxylic acids is 1. The lowest BCUT2D eigenvalue weighted by Gasteiger charge is -2.11. The summed E-state index contributed by atoms with van der Waals surface area (Å²) in [6.07, 6.45) is 0. The van der Waals surface area contributed by atoms with E-state index in [1.165, 1.54) is 43.5 Å². The number of nitrogens with one attached hydrogen (secondary N) is 1. The molecule has 108 valence electrons. The van der Waals surface area contributed by atoms with Crippen LogP contribution in [0.1, 0.15) is 10.4 Å². The molecule has 0 aromatic heterocycles. The molecule has 7 heteroatoms. The van der Waals surface area contributed by atoms with Gasteiger partial charge in [0.25, 0.3) is 5.69 Å². The van der Waals surface area contributed by atoms with Crippen LogP contribution in [0.2, 0.25) is 0 Å². The number of ether oxygens (including phenoxy) is 1. The van der Waals surface area contributed by atoms with Crippen LogP contribution in [0.15, 0.2) is 42.5 Å². The molecule has 0 bridgehead atoms. The second-order valence-electron chi connectivity index (χ2n) is 4.15. The van der Waals surface area contributed by atoms with Gasteiger partial charge in [-0.05, 0) is 24.3 Å². The van der Waals surface area contributed by atoms with Gasteiger partial charge in [0.15, 0.2) is 0 Å². The molecule has 0 aliphatic carbocycles. The summed E-state index contributed by atoms with van der Waals surface area (Å²) in [6, 6.07) is 10.2. The van der Waals surface area contributed by atoms with Crippen molar-refractivity contribution in [1.29, 1.82) is 0 Å². The molecule has 0 amide bonds. The summed E-state index contributed by atoms with van der Waals surface area (Å²) < 4.78 is 5.14. The van der Waals surface area contributed by atoms with Crippen molar-refractivity contribution < 1.29 is 19.6 Å². The average molecular weight is 288 g/mol. The van der Waals surface area contributed by atoms with E-state index in [0.29, 0.717) is 17.1 Å². The van der Waals surface area contributed by atoms with Crippen LogP contribution in [0.5, 0.6) is 5.75 Å². The zero-order chi connectivity index (χ0) is 15.4. The van der Waals surface area contributed by atoms with Crippen LogP contribution in [0.4, 0.5) is 17.1 Å². The van der Waals surface area contributed by atoms with E-state index in [9.17, 15) is 14.9 Å². The molecule has 7 nitrogen and oxygen atoms in total. The molecule has 0 spiro atoms. The van der Waals surface area contributed by atoms with Crippen molar-refractivity contribution in [1.82, 2.24) is 0 Å². The van der Waals surface area contributed by atoms with Crippen molar-refractivity contribution in [3.63, 3.8) is 0 Å². The number of carboxylic acids is 1. The number of nitro groups is 1. The number of hydrogen-bond donors (Lipinski definition) is 2. The standard InChI is InChI=1S/C14H12N2O5/c1-21-13-6-5-9(14(17)18)7-12(13)15-10-3-2-4-11(8-10)16(19)20/h2-8,15H,1H3,(H,17,18). The van der Waals surface area contributed by atoms with E-state index >= 15 is 0 Å². The highest BCUT2D eigenvalue weighted by molar-refractivity contribution is 5.90. The fourth-order valence-electron chi connectivity index (χ4n) is 1.79. The number of carbonyl (C=O) groups is 1. The summed E-state index contributed by atoms with van der Waals surface area (Å²) in [7, 11) is 1.45. The minimum absolute atomic E-state index is 0.0617. The van der Waals surface area contributed by atoms with E-state index < -0.39 is 10.9 Å². The molecule has 0 radical (unpaired) electrons. The molecule has 0 atom stereocenters. The fourth-order valence-corrected chi connectivity index (χ4v) is 1.79. The third kappa shape index (κ3) is 3.27. The first-order chi connectivity index (χ1) is 10.0. The second-order valence-corrected chi connectivity index (χ2v) is 4.15. The highest BCUT2D eigenvalue weighted by atomic mass is 16.6. The summed E-state index contributed by atoms with van der Waals surface area (Å²) in [5.41, 5.74) is 0.903. The van der Waals surface area contributed by atoms with Crippen molar-refractivity contribution >= 4 is 23.0 Å². The maximum absolute atomic E-state index is 11.0. The number of carboxylic acid groups (broad SMARTS) is 1. The Bertz CT molecular complexity index is 700. The number of nitro benzene ring substituents is 1. The topological polar surface area (TPSA) is 102 Å². The van der Waals surface area contributed by atoms with Gasteiger partial charge in [-0.1, -0.05) is 6.07 Å². The lowest BCUT2D eigenvalue weighted by atomic mass is 10.1. The molecule has 0 saturated heterocycles. The van der Waals surface area contributed by atoms with E-state index in [4.69, 9.17) is 9.84 Å². The van der Waals surface area contributed by atoms with Crippen molar-refractivity contribution in [3.05, 3.63) is 58.1 Å². The molecule has 2 rings (SSSR count). The second kappa shape index (κ2) is 5.91. The van der Waals surface area contributed by atoms with E-state index in [1.807, 2.05) is 0 Å². The van der Waals surface area contributed by atoms with Crippen LogP contribution in [-0.2, 0) is 0 Å². The van der Waals surface area contributed by atoms with Gasteiger partial charge in [-0.3, -0.25) is 10.1 Å². The van der Waals surface area contributed by atoms with E-state index in [1.54, 1.807) is 6.07 Å². The molecule has 0 heterocycles. The quantitative estimate of drug-likeness (QED) is 0.647. The van der Waals surface area contributed by atoms with Gasteiger partial charge in [-0.25, -0.2) is 4.79 Å². The zero-order valence-electron chi connectivity index (χ0n) is 11.1. The van der Waals surface area contributed by atoms with Gasteiger partial charge in [0, 0.05) is 17.8 Å². The van der Waals surface area contributed by atoms with Gasteiger partial charge >= 0.3 is 5.97 Å². The summed E-state index contributed by atoms with van der Waals surface area (Å²) in [5.74, 6) is -0.633. The lowest BCUT2D eigenvalue weighted by molar-refractivity contribution is -0.384. The van der Waals surface area contributed by atoms with Gasteiger partial charge < -0.3 is 15.2 Å². The summed E-state index contributed by atoms with van der Waals surface area (Å²) in [6.45, 7) is 0. The number of non-ortho nitro benzene ring substituents is 1. The van der Waals surface area contributed by atoms with Crippen molar-refractivity contribution in [2.45, 2.75) is 0 Å². The number of rotatable bonds is 5. The smallest absolute Gasteiger partial charge is 0.335 e. The predicted molar refractivity (Wildman–Crippen MR) is 76.3 cm³/mol. The van der Waals surface area contributed by atoms with Crippen LogP contribution in [0, 0.1) is 10.1 Å². The van der Waals surface area contributed by atoms with Crippen molar-refractivity contribution in [3.8, 4) is 5.75 Å². The Morgan fingerprint density at radius 2 is 2.05 bits per heavy atom. The maximum Gasteiger partial charge on any atom is 0.335 e. The zero-order valence-corrected chi connectivity index (χ0v) is 11.1. The van der Waals surface area contributed by atoms with Crippen LogP contribution < -0.4 is 10.1 Å². The number of hydrogen-bond acceptors (Lipinski definition) is 5. The van der Waals surface area contributed by atoms with Gasteiger partial charge in [0.2, 0.25) is 0 Å². The first-order valence-electron chi connectivity index (χ1n) is 5.94. The maximum atomic E-state index is 11.0. The van der Waals surface area contributed by atoms with Gasteiger partial charge in [-0.15, -0.1) is 0 Å². The SMILES string of the molecule is COc1ccc(C(=O)O)cc1Nc1cccc([N+](=O)[O-])c1. The summed E-state index contributed by atoms with van der Waals surface area (Å²) >= 11 is 0. The van der Waals surface area contributed by atoms with Crippen LogP contribution in [0.25, 0.3) is 0 Å². The van der Waals surface area contributed by atoms with Crippen LogP contribution in [-0.4, -0.2) is 23.1 Å². The minimum atomic E-state index is -1.07. The molecule has 0 aliphatic rings. The molecule has 2 aromatic carbocycles. The van der Waals surface area contributed by atoms with Crippen LogP contribution >= 0.6 is 0 Å². The van der Waals surface area contributed by atoms with Gasteiger partial charge in [-0.2, -0.15) is 0 Å². The van der Waals surface area contributed by atoms with Gasteiger partial charge in [0.05, 0.1) is 23.3 Å². The first-order valence-corrected chi connectivity index (χ1v) is 5.94. The van der Waals surface area contributed by atoms with E-state index in [-0.39, 0.29) is 11.3 Å². The molecular formula is C14H12N2O5. The molecular weight excluding hydrogens is 276 g/mol. The number of nitrogens with zero attached hydrogens (tertiary/aromatic N) is 1. The molecule has 0 fully saturated rings. The monoisotopic (exact) mass is 288 g/mol. The number of anilines is 2. The third-order valence-corrected chi connectivity index (χ3v) is 2.78. The average Bonchev–Trinajstić information content (AvgIpc) is 2.47. The Balaban J connectivity index is 2.37. The Hall–Kier alpha value is -3.09. The molecule has 21 heavy (non-hydrogen) atoms. The normalized spacial score (nSPS) is 9.95. The van der Waals surface area contributed by atoms with Crippen LogP contribution in [0.3, 0.4) is 0 Å². The number of methoxy groups -OCH3 is 1. The Kier molecular flexibility index (Phi) is 4.03. The molecule has 0 aliphatic heterocycles. The Labute approximate surface area is 119 Å². The Morgan fingerprint density at radius 1 is 1.29 bits per heavy atom. The fraction of sp³-hybridized carbons (Fsp3) is 0.0714. The lowest BCUT2D eigenvalue weighted by Crippen LogP contribution is -2.00. The summed E-state index contributed by atoms with van der Waals surface area (Å²) in [5, 5.41) is 22.7. The van der Waals surface area contributed by atoms with Gasteiger partial charge in [0.1, 0.15) is 5.75 Å². The molecule has 2 aromatic rings. The Morgan fingerprint density at radius 3 is 2.67 bits per heavy atom.